The van der Waals surface area contributed by atoms with Crippen LogP contribution < -0.4 is 5.73 Å². The molecule has 1 heterocycles. The van der Waals surface area contributed by atoms with Crippen molar-refractivity contribution in [3.05, 3.63) is 48.0 Å². The Morgan fingerprint density at radius 1 is 1.17 bits per heavy atom. The molecule has 0 fully saturated rings. The van der Waals surface area contributed by atoms with Crippen LogP contribution in [0.1, 0.15) is 43.5 Å². The SMILES string of the molecule is CCCCC(C)N.O=C(O)c1cccc2[nH]c3ccccc3c12. The quantitative estimate of drug-likeness (QED) is 0.661. The third kappa shape index (κ3) is 4.11. The zero-order valence-corrected chi connectivity index (χ0v) is 13.7. The molecule has 0 bridgehead atoms. The number of para-hydroxylation sites is 1. The monoisotopic (exact) mass is 312 g/mol. The van der Waals surface area contributed by atoms with Crippen molar-refractivity contribution in [2.75, 3.05) is 0 Å². The molecule has 0 saturated carbocycles. The van der Waals surface area contributed by atoms with Crippen LogP contribution in [-0.4, -0.2) is 22.1 Å². The topological polar surface area (TPSA) is 79.1 Å². The lowest BCUT2D eigenvalue weighted by molar-refractivity contribution is 0.0699. The van der Waals surface area contributed by atoms with Crippen LogP contribution in [0.15, 0.2) is 42.5 Å². The van der Waals surface area contributed by atoms with E-state index in [1.54, 1.807) is 12.1 Å². The van der Waals surface area contributed by atoms with Crippen LogP contribution in [0.2, 0.25) is 0 Å². The van der Waals surface area contributed by atoms with E-state index in [1.807, 2.05) is 30.3 Å². The van der Waals surface area contributed by atoms with Crippen molar-refractivity contribution >= 4 is 27.8 Å². The maximum Gasteiger partial charge on any atom is 0.336 e. The molecule has 0 aliphatic heterocycles. The Kier molecular flexibility index (Phi) is 5.77. The van der Waals surface area contributed by atoms with E-state index in [2.05, 4.69) is 18.8 Å². The van der Waals surface area contributed by atoms with E-state index in [9.17, 15) is 4.79 Å². The van der Waals surface area contributed by atoms with Gasteiger partial charge >= 0.3 is 5.97 Å². The van der Waals surface area contributed by atoms with E-state index in [4.69, 9.17) is 10.8 Å². The van der Waals surface area contributed by atoms with Gasteiger partial charge in [-0.05, 0) is 31.5 Å². The summed E-state index contributed by atoms with van der Waals surface area (Å²) < 4.78 is 0. The molecule has 3 rings (SSSR count). The molecule has 1 unspecified atom stereocenters. The number of carbonyl (C=O) groups is 1. The number of aromatic nitrogens is 1. The number of fused-ring (bicyclic) bond motifs is 3. The van der Waals surface area contributed by atoms with Crippen molar-refractivity contribution in [1.82, 2.24) is 4.98 Å². The number of carboxylic acids is 1. The summed E-state index contributed by atoms with van der Waals surface area (Å²) >= 11 is 0. The molecule has 3 aromatic rings. The Labute approximate surface area is 136 Å². The van der Waals surface area contributed by atoms with Gasteiger partial charge in [0.25, 0.3) is 0 Å². The van der Waals surface area contributed by atoms with Crippen molar-refractivity contribution in [2.45, 2.75) is 39.2 Å². The summed E-state index contributed by atoms with van der Waals surface area (Å²) in [6.45, 7) is 4.23. The summed E-state index contributed by atoms with van der Waals surface area (Å²) in [6.07, 6.45) is 3.72. The second kappa shape index (κ2) is 7.79. The van der Waals surface area contributed by atoms with E-state index in [-0.39, 0.29) is 0 Å². The fourth-order valence-electron chi connectivity index (χ4n) is 2.61. The van der Waals surface area contributed by atoms with Crippen LogP contribution in [0.4, 0.5) is 0 Å². The maximum atomic E-state index is 11.1. The highest BCUT2D eigenvalue weighted by Crippen LogP contribution is 2.28. The van der Waals surface area contributed by atoms with Crippen molar-refractivity contribution in [2.24, 2.45) is 5.73 Å². The number of hydrogen-bond donors (Lipinski definition) is 3. The van der Waals surface area contributed by atoms with E-state index in [0.717, 1.165) is 21.8 Å². The van der Waals surface area contributed by atoms with Gasteiger partial charge in [-0.3, -0.25) is 0 Å². The van der Waals surface area contributed by atoms with Crippen molar-refractivity contribution < 1.29 is 9.90 Å². The molecular weight excluding hydrogens is 288 g/mol. The molecule has 1 atom stereocenters. The first-order valence-corrected chi connectivity index (χ1v) is 8.03. The van der Waals surface area contributed by atoms with Crippen LogP contribution in [0.5, 0.6) is 0 Å². The average molecular weight is 312 g/mol. The normalized spacial score (nSPS) is 12.0. The first kappa shape index (κ1) is 17.0. The molecule has 2 aromatic carbocycles. The molecule has 0 amide bonds. The summed E-state index contributed by atoms with van der Waals surface area (Å²) in [4.78, 5) is 14.4. The van der Waals surface area contributed by atoms with Gasteiger partial charge in [-0.15, -0.1) is 0 Å². The van der Waals surface area contributed by atoms with Gasteiger partial charge in [-0.2, -0.15) is 0 Å². The summed E-state index contributed by atoms with van der Waals surface area (Å²) in [5.74, 6) is -0.893. The van der Waals surface area contributed by atoms with Crippen LogP contribution in [0.25, 0.3) is 21.8 Å². The number of aromatic carboxylic acids is 1. The molecule has 122 valence electrons. The van der Waals surface area contributed by atoms with Gasteiger partial charge in [0.05, 0.1) is 5.56 Å². The van der Waals surface area contributed by atoms with Gasteiger partial charge in [0.15, 0.2) is 0 Å². The molecule has 4 nitrogen and oxygen atoms in total. The third-order valence-electron chi connectivity index (χ3n) is 3.77. The first-order valence-electron chi connectivity index (χ1n) is 8.03. The number of aromatic amines is 1. The molecule has 4 N–H and O–H groups in total. The van der Waals surface area contributed by atoms with E-state index in [1.165, 1.54) is 19.3 Å². The number of unbranched alkanes of at least 4 members (excludes halogenated alkanes) is 1. The number of hydrogen-bond acceptors (Lipinski definition) is 2. The van der Waals surface area contributed by atoms with Gasteiger partial charge in [0, 0.05) is 27.8 Å². The Morgan fingerprint density at radius 3 is 2.48 bits per heavy atom. The summed E-state index contributed by atoms with van der Waals surface area (Å²) in [7, 11) is 0. The minimum Gasteiger partial charge on any atom is -0.478 e. The number of nitrogens with one attached hydrogen (secondary N) is 1. The molecule has 1 aromatic heterocycles. The second-order valence-corrected chi connectivity index (χ2v) is 5.82. The molecule has 0 saturated heterocycles. The Morgan fingerprint density at radius 2 is 1.87 bits per heavy atom. The van der Waals surface area contributed by atoms with Crippen molar-refractivity contribution in [3.63, 3.8) is 0 Å². The summed E-state index contributed by atoms with van der Waals surface area (Å²) in [5.41, 5.74) is 7.65. The number of H-pyrrole nitrogens is 1. The first-order chi connectivity index (χ1) is 11.0. The lowest BCUT2D eigenvalue weighted by atomic mass is 10.1. The molecule has 23 heavy (non-hydrogen) atoms. The Balaban J connectivity index is 0.000000236. The summed E-state index contributed by atoms with van der Waals surface area (Å²) in [5, 5.41) is 10.9. The smallest absolute Gasteiger partial charge is 0.336 e. The van der Waals surface area contributed by atoms with E-state index in [0.29, 0.717) is 11.6 Å². The fourth-order valence-corrected chi connectivity index (χ4v) is 2.61. The summed E-state index contributed by atoms with van der Waals surface area (Å²) in [6, 6.07) is 13.4. The Bertz CT molecular complexity index is 790. The number of benzene rings is 2. The highest BCUT2D eigenvalue weighted by Gasteiger charge is 2.12. The fraction of sp³-hybridized carbons (Fsp3) is 0.316. The molecule has 4 heteroatoms. The lowest BCUT2D eigenvalue weighted by Gasteiger charge is -1.99. The second-order valence-electron chi connectivity index (χ2n) is 5.82. The average Bonchev–Trinajstić information content (AvgIpc) is 2.91. The molecule has 0 radical (unpaired) electrons. The molecule has 0 aliphatic carbocycles. The zero-order valence-electron chi connectivity index (χ0n) is 13.7. The van der Waals surface area contributed by atoms with E-state index < -0.39 is 5.97 Å². The van der Waals surface area contributed by atoms with Crippen LogP contribution in [0, 0.1) is 0 Å². The molecule has 0 spiro atoms. The van der Waals surface area contributed by atoms with Crippen molar-refractivity contribution in [1.29, 1.82) is 0 Å². The van der Waals surface area contributed by atoms with Gasteiger partial charge in [-0.1, -0.05) is 44.0 Å². The van der Waals surface area contributed by atoms with Crippen LogP contribution >= 0.6 is 0 Å². The van der Waals surface area contributed by atoms with Gasteiger partial charge in [0.1, 0.15) is 0 Å². The van der Waals surface area contributed by atoms with Gasteiger partial charge < -0.3 is 15.8 Å². The van der Waals surface area contributed by atoms with Gasteiger partial charge in [0.2, 0.25) is 0 Å². The standard InChI is InChI=1S/C13H9NO2.C6H15N/c15-13(16)9-5-3-7-11-12(9)8-4-1-2-6-10(8)14-11;1-3-4-5-6(2)7/h1-7,14H,(H,15,16);6H,3-5,7H2,1-2H3. The number of carboxylic acid groups (broad SMARTS) is 1. The highest BCUT2D eigenvalue weighted by molar-refractivity contribution is 6.16. The maximum absolute atomic E-state index is 11.1. The lowest BCUT2D eigenvalue weighted by Crippen LogP contribution is -2.13. The Hall–Kier alpha value is -2.33. The van der Waals surface area contributed by atoms with Crippen molar-refractivity contribution in [3.8, 4) is 0 Å². The van der Waals surface area contributed by atoms with E-state index >= 15 is 0 Å². The largest absolute Gasteiger partial charge is 0.478 e. The van der Waals surface area contributed by atoms with Gasteiger partial charge in [-0.25, -0.2) is 4.79 Å². The molecular formula is C19H24N2O2. The predicted octanol–water partition coefficient (Wildman–Crippen LogP) is 4.54. The van der Waals surface area contributed by atoms with Crippen LogP contribution in [-0.2, 0) is 0 Å². The number of nitrogens with two attached hydrogens (primary N) is 1. The zero-order chi connectivity index (χ0) is 16.8. The van der Waals surface area contributed by atoms with Crippen LogP contribution in [0.3, 0.4) is 0 Å². The number of rotatable bonds is 4. The minimum atomic E-state index is -0.893. The predicted molar refractivity (Wildman–Crippen MR) is 95.9 cm³/mol. The highest BCUT2D eigenvalue weighted by atomic mass is 16.4. The third-order valence-corrected chi connectivity index (χ3v) is 3.77. The minimum absolute atomic E-state index is 0.343. The molecule has 0 aliphatic rings.